The molecule has 1 heterocycles. The molecule has 8 atom stereocenters. The lowest BCUT2D eigenvalue weighted by atomic mass is 9.99. The minimum absolute atomic E-state index is 0.0528. The summed E-state index contributed by atoms with van der Waals surface area (Å²) in [5.41, 5.74) is 0. The van der Waals surface area contributed by atoms with Gasteiger partial charge in [0.15, 0.2) is 12.4 Å². The van der Waals surface area contributed by atoms with E-state index in [1.54, 1.807) is 6.08 Å². The largest absolute Gasteiger partial charge is 0.454 e. The maximum absolute atomic E-state index is 13.4. The van der Waals surface area contributed by atoms with Gasteiger partial charge in [0.1, 0.15) is 24.4 Å². The van der Waals surface area contributed by atoms with E-state index in [4.69, 9.17) is 14.2 Å². The molecule has 1 fully saturated rings. The molecule has 0 aromatic rings. The molecule has 8 unspecified atom stereocenters. The fourth-order valence-electron chi connectivity index (χ4n) is 8.54. The highest BCUT2D eigenvalue weighted by Crippen LogP contribution is 2.26. The van der Waals surface area contributed by atoms with E-state index in [-0.39, 0.29) is 19.4 Å². The first-order chi connectivity index (χ1) is 39.7. The number of hydrogen-bond donors (Lipinski definition) is 6. The van der Waals surface area contributed by atoms with Gasteiger partial charge in [0, 0.05) is 6.42 Å². The van der Waals surface area contributed by atoms with Crippen LogP contribution in [0.15, 0.2) is 158 Å². The molecule has 1 aliphatic heterocycles. The maximum atomic E-state index is 13.4. The minimum Gasteiger partial charge on any atom is -0.454 e. The Labute approximate surface area is 491 Å². The lowest BCUT2D eigenvalue weighted by molar-refractivity contribution is -0.305. The molecule has 0 aromatic heterocycles. The predicted molar refractivity (Wildman–Crippen MR) is 337 cm³/mol. The number of ether oxygens (including phenoxy) is 3. The first-order valence-electron chi connectivity index (χ1n) is 31.3. The van der Waals surface area contributed by atoms with E-state index in [1.165, 1.54) is 38.5 Å². The van der Waals surface area contributed by atoms with Gasteiger partial charge in [-0.1, -0.05) is 230 Å². The molecule has 0 saturated carbocycles. The number of allylic oxidation sites excluding steroid dienone is 25. The lowest BCUT2D eigenvalue weighted by Gasteiger charge is -2.41. The van der Waals surface area contributed by atoms with Crippen LogP contribution in [0.5, 0.6) is 0 Å². The molecule has 6 N–H and O–H groups in total. The second kappa shape index (κ2) is 55.8. The maximum Gasteiger partial charge on any atom is 0.306 e. The van der Waals surface area contributed by atoms with E-state index in [9.17, 15) is 35.1 Å². The summed E-state index contributed by atoms with van der Waals surface area (Å²) in [6.07, 6.45) is 71.4. The van der Waals surface area contributed by atoms with Crippen LogP contribution < -0.4 is 5.32 Å². The van der Waals surface area contributed by atoms with Crippen LogP contribution in [0.25, 0.3) is 0 Å². The first-order valence-corrected chi connectivity index (χ1v) is 31.3. The molecule has 1 aliphatic rings. The van der Waals surface area contributed by atoms with Gasteiger partial charge in [-0.3, -0.25) is 9.59 Å². The Morgan fingerprint density at radius 1 is 0.494 bits per heavy atom. The van der Waals surface area contributed by atoms with Crippen molar-refractivity contribution in [3.63, 3.8) is 0 Å². The summed E-state index contributed by atoms with van der Waals surface area (Å²) in [5.74, 6) is -1.30. The number of amides is 1. The van der Waals surface area contributed by atoms with Gasteiger partial charge in [0.05, 0.1) is 25.4 Å². The van der Waals surface area contributed by atoms with Crippen LogP contribution in [0.4, 0.5) is 0 Å². The monoisotopic (exact) mass is 1130 g/mol. The standard InChI is InChI=1S/C70H111NO10/c1-4-7-10-13-16-19-22-24-26-28-30-32-34-36-38-40-43-46-49-52-55-58-65(75)81-68-67(77)66(76)64(59-72)80-70(68)79-60-61(62(73)56-53-50-47-44-41-21-18-15-12-9-6-3)71-69(78)63(74)57-54-51-48-45-42-39-37-35-33-31-29-27-25-23-20-17-14-11-8-5-2/h7-8,10-11,16-17,19-20,24-27,30-33,36-39,43,45-46,48,53,56,61-64,66-68,70,72-74,76-77H,4-6,9,12-15,18,21-23,28-29,34-35,40-42,44,47,49-52,54-55,57-60H2,1-3H3,(H,71,78)/b10-7-,11-8-,19-16-,20-17-,26-24-,27-25-,32-30-,33-31-,38-36-,39-37-,46-43-,48-45-,56-53+. The summed E-state index contributed by atoms with van der Waals surface area (Å²) in [4.78, 5) is 26.5. The van der Waals surface area contributed by atoms with Gasteiger partial charge >= 0.3 is 5.97 Å². The number of unbranched alkanes of at least 4 members (excludes halogenated alkanes) is 12. The van der Waals surface area contributed by atoms with Crippen molar-refractivity contribution >= 4 is 11.9 Å². The molecular weight excluding hydrogens is 1010 g/mol. The number of rotatable bonds is 50. The molecule has 0 bridgehead atoms. The number of carbonyl (C=O) groups excluding carboxylic acids is 2. The molecule has 0 spiro atoms. The van der Waals surface area contributed by atoms with Crippen LogP contribution in [0.2, 0.25) is 0 Å². The molecule has 1 saturated heterocycles. The summed E-state index contributed by atoms with van der Waals surface area (Å²) in [7, 11) is 0. The quantitative estimate of drug-likeness (QED) is 0.0195. The Balaban J connectivity index is 2.74. The molecular formula is C70H111NO10. The molecule has 456 valence electrons. The van der Waals surface area contributed by atoms with Gasteiger partial charge in [-0.2, -0.15) is 0 Å². The molecule has 0 aromatic carbocycles. The summed E-state index contributed by atoms with van der Waals surface area (Å²) in [6.45, 7) is 5.48. The highest BCUT2D eigenvalue weighted by molar-refractivity contribution is 5.80. The van der Waals surface area contributed by atoms with Crippen molar-refractivity contribution in [2.75, 3.05) is 13.2 Å². The van der Waals surface area contributed by atoms with Gasteiger partial charge in [-0.15, -0.1) is 0 Å². The van der Waals surface area contributed by atoms with Crippen molar-refractivity contribution < 1.29 is 49.3 Å². The van der Waals surface area contributed by atoms with Crippen LogP contribution in [0.1, 0.15) is 207 Å². The minimum atomic E-state index is -1.65. The van der Waals surface area contributed by atoms with Crippen LogP contribution in [0, 0.1) is 0 Å². The molecule has 81 heavy (non-hydrogen) atoms. The predicted octanol–water partition coefficient (Wildman–Crippen LogP) is 15.2. The second-order valence-corrected chi connectivity index (χ2v) is 20.7. The summed E-state index contributed by atoms with van der Waals surface area (Å²) in [6, 6.07) is -1.07. The Hall–Kier alpha value is -4.72. The molecule has 0 aliphatic carbocycles. The Morgan fingerprint density at radius 2 is 0.889 bits per heavy atom. The highest BCUT2D eigenvalue weighted by Gasteiger charge is 2.47. The number of esters is 1. The fraction of sp³-hybridized carbons (Fsp3) is 0.600. The van der Waals surface area contributed by atoms with Gasteiger partial charge in [0.25, 0.3) is 0 Å². The molecule has 11 heteroatoms. The third kappa shape index (κ3) is 43.6. The van der Waals surface area contributed by atoms with E-state index >= 15 is 0 Å². The second-order valence-electron chi connectivity index (χ2n) is 20.7. The van der Waals surface area contributed by atoms with E-state index in [0.717, 1.165) is 116 Å². The van der Waals surface area contributed by atoms with Crippen molar-refractivity contribution in [3.05, 3.63) is 158 Å². The average Bonchev–Trinajstić information content (AvgIpc) is 3.50. The first kappa shape index (κ1) is 74.3. The number of nitrogens with one attached hydrogen (secondary N) is 1. The highest BCUT2D eigenvalue weighted by atomic mass is 16.7. The molecule has 1 rings (SSSR count). The van der Waals surface area contributed by atoms with Crippen LogP contribution in [0.3, 0.4) is 0 Å². The third-order valence-electron chi connectivity index (χ3n) is 13.4. The number of aliphatic hydroxyl groups is 5. The zero-order valence-electron chi connectivity index (χ0n) is 50.3. The van der Waals surface area contributed by atoms with Gasteiger partial charge in [0.2, 0.25) is 5.91 Å². The Kier molecular flexibility index (Phi) is 51.2. The Bertz CT molecular complexity index is 1920. The number of carbonyl (C=O) groups is 2. The zero-order chi connectivity index (χ0) is 58.9. The number of aliphatic hydroxyl groups excluding tert-OH is 5. The molecule has 0 radical (unpaired) electrons. The van der Waals surface area contributed by atoms with Gasteiger partial charge in [-0.25, -0.2) is 0 Å². The summed E-state index contributed by atoms with van der Waals surface area (Å²) >= 11 is 0. The Morgan fingerprint density at radius 3 is 1.33 bits per heavy atom. The fourth-order valence-corrected chi connectivity index (χ4v) is 8.54. The van der Waals surface area contributed by atoms with Crippen LogP contribution in [-0.2, 0) is 23.8 Å². The third-order valence-corrected chi connectivity index (χ3v) is 13.4. The normalized spacial score (nSPS) is 19.8. The topological polar surface area (TPSA) is 175 Å². The SMILES string of the molecule is CC/C=C\C/C=C\C/C=C\C/C=C\C/C=C\C/C=C\CCCCC(=O)OC1C(OCC(NC(=O)C(O)CCC/C=C\C/C=C\C/C=C\C/C=C\C/C=C\C/C=C\CC)C(O)/C=C/CCCCCCCCCCC)OC(CO)C(O)C1O. The molecule has 1 amide bonds. The van der Waals surface area contributed by atoms with Crippen molar-refractivity contribution in [1.29, 1.82) is 0 Å². The van der Waals surface area contributed by atoms with Gasteiger partial charge < -0.3 is 45.1 Å². The van der Waals surface area contributed by atoms with Crippen molar-refractivity contribution in [2.45, 2.75) is 256 Å². The smallest absolute Gasteiger partial charge is 0.306 e. The van der Waals surface area contributed by atoms with Crippen molar-refractivity contribution in [2.24, 2.45) is 0 Å². The van der Waals surface area contributed by atoms with Crippen LogP contribution >= 0.6 is 0 Å². The average molecular weight is 1130 g/mol. The molecule has 11 nitrogen and oxygen atoms in total. The van der Waals surface area contributed by atoms with Crippen molar-refractivity contribution in [1.82, 2.24) is 5.32 Å². The van der Waals surface area contributed by atoms with E-state index in [2.05, 4.69) is 166 Å². The van der Waals surface area contributed by atoms with E-state index in [0.29, 0.717) is 19.3 Å². The van der Waals surface area contributed by atoms with Gasteiger partial charge in [-0.05, 0) is 128 Å². The van der Waals surface area contributed by atoms with Crippen molar-refractivity contribution in [3.8, 4) is 0 Å². The number of hydrogen-bond acceptors (Lipinski definition) is 10. The summed E-state index contributed by atoms with van der Waals surface area (Å²) in [5, 5.41) is 56.9. The van der Waals surface area contributed by atoms with E-state index in [1.807, 2.05) is 12.2 Å². The summed E-state index contributed by atoms with van der Waals surface area (Å²) < 4.78 is 17.5. The van der Waals surface area contributed by atoms with E-state index < -0.39 is 67.4 Å². The van der Waals surface area contributed by atoms with Crippen LogP contribution in [-0.4, -0.2) is 99.6 Å². The lowest BCUT2D eigenvalue weighted by Crippen LogP contribution is -2.61. The zero-order valence-corrected chi connectivity index (χ0v) is 50.3.